The molecule has 1 aromatic carbocycles. The van der Waals surface area contributed by atoms with E-state index in [1.54, 1.807) is 0 Å². The molecule has 4 fully saturated rings. The second-order valence-corrected chi connectivity index (χ2v) is 18.9. The summed E-state index contributed by atoms with van der Waals surface area (Å²) in [5.74, 6) is -1.55. The van der Waals surface area contributed by atoms with Crippen LogP contribution >= 0.6 is 0 Å². The first-order chi connectivity index (χ1) is 22.4. The standard InChI is InChI=1S/C30H48O4.C10H13NO4/c1-25(2)14-15-30(24(33)34)19(16-25)18-8-9-21-27(5)12-11-22(31)26(3,4)20(27)10-13-28(21,6)29(18,7)17-23(30)32;1-10(11,9(14)15)5-6-2-3-7(12)8(13)4-6/h8,19-23,31-32H,9-17H2,1-7H3,(H,33,34);2-4,12-13H,5,11H2,1H3,(H,14,15). The number of phenolic OH excluding ortho intramolecular Hbond substituents is 2. The third-order valence-electron chi connectivity index (χ3n) is 15.2. The average Bonchev–Trinajstić information content (AvgIpc) is 2.97. The minimum atomic E-state index is -1.39. The number of aliphatic hydroxyl groups excluding tert-OH is 2. The van der Waals surface area contributed by atoms with Crippen molar-refractivity contribution < 1.29 is 40.2 Å². The molecule has 5 aliphatic rings. The second kappa shape index (κ2) is 12.0. The number of aliphatic hydroxyl groups is 2. The van der Waals surface area contributed by atoms with Gasteiger partial charge in [-0.25, -0.2) is 0 Å². The van der Waals surface area contributed by atoms with E-state index in [4.69, 9.17) is 15.9 Å². The van der Waals surface area contributed by atoms with Crippen LogP contribution in [0.4, 0.5) is 0 Å². The molecule has 1 aromatic rings. The van der Waals surface area contributed by atoms with E-state index < -0.39 is 29.0 Å². The zero-order valence-electron chi connectivity index (χ0n) is 30.8. The molecule has 4 saturated carbocycles. The topological polar surface area (TPSA) is 182 Å². The van der Waals surface area contributed by atoms with Crippen molar-refractivity contribution in [2.45, 2.75) is 137 Å². The van der Waals surface area contributed by atoms with E-state index in [0.29, 0.717) is 30.2 Å². The maximum atomic E-state index is 12.8. The van der Waals surface area contributed by atoms with Crippen LogP contribution in [0.15, 0.2) is 29.8 Å². The SMILES string of the molecule is CC(N)(Cc1ccc(O)c(O)c1)C(=O)O.CC1(C)CCC2(C(=O)O)C(O)CC3(C)C(=CCC4C5(C)CCC(O)C(C)(C)C5CCC43C)C2C1. The minimum absolute atomic E-state index is 0.0218. The first-order valence-electron chi connectivity index (χ1n) is 18.2. The summed E-state index contributed by atoms with van der Waals surface area (Å²) in [7, 11) is 0. The average molecular weight is 684 g/mol. The van der Waals surface area contributed by atoms with E-state index in [1.165, 1.54) is 30.7 Å². The van der Waals surface area contributed by atoms with Crippen LogP contribution in [0, 0.1) is 50.2 Å². The lowest BCUT2D eigenvalue weighted by Crippen LogP contribution is -2.67. The number of aromatic hydroxyl groups is 2. The lowest BCUT2D eigenvalue weighted by Gasteiger charge is -2.71. The first kappa shape index (κ1) is 37.6. The Kier molecular flexibility index (Phi) is 9.20. The molecule has 0 heterocycles. The van der Waals surface area contributed by atoms with Gasteiger partial charge in [0.05, 0.1) is 12.2 Å². The van der Waals surface area contributed by atoms with Crippen molar-refractivity contribution in [3.8, 4) is 11.5 Å². The summed E-state index contributed by atoms with van der Waals surface area (Å²) in [6, 6.07) is 4.11. The number of fused-ring (bicyclic) bond motifs is 7. The van der Waals surface area contributed by atoms with E-state index in [9.17, 15) is 30.0 Å². The van der Waals surface area contributed by atoms with Crippen molar-refractivity contribution in [2.24, 2.45) is 56.0 Å². The number of aliphatic carboxylic acids is 2. The highest BCUT2D eigenvalue weighted by atomic mass is 16.4. The Balaban J connectivity index is 0.000000263. The van der Waals surface area contributed by atoms with Gasteiger partial charge in [-0.05, 0) is 127 Å². The fourth-order valence-corrected chi connectivity index (χ4v) is 11.9. The van der Waals surface area contributed by atoms with Crippen LogP contribution in [0.3, 0.4) is 0 Å². The quantitative estimate of drug-likeness (QED) is 0.135. The number of nitrogens with two attached hydrogens (primary N) is 1. The van der Waals surface area contributed by atoms with Crippen LogP contribution in [0.1, 0.15) is 119 Å². The van der Waals surface area contributed by atoms with Gasteiger partial charge in [0.15, 0.2) is 11.5 Å². The molecule has 6 rings (SSSR count). The van der Waals surface area contributed by atoms with E-state index >= 15 is 0 Å². The Morgan fingerprint density at radius 1 is 0.857 bits per heavy atom. The molecule has 0 saturated heterocycles. The van der Waals surface area contributed by atoms with Gasteiger partial charge in [0, 0.05) is 6.42 Å². The van der Waals surface area contributed by atoms with E-state index in [1.807, 2.05) is 0 Å². The molecule has 0 aromatic heterocycles. The summed E-state index contributed by atoms with van der Waals surface area (Å²) in [5, 5.41) is 60.1. The summed E-state index contributed by atoms with van der Waals surface area (Å²) in [6.07, 6.45) is 9.43. The summed E-state index contributed by atoms with van der Waals surface area (Å²) in [4.78, 5) is 23.5. The van der Waals surface area contributed by atoms with Crippen molar-refractivity contribution >= 4 is 11.9 Å². The predicted octanol–water partition coefficient (Wildman–Crippen LogP) is 6.65. The molecule has 49 heavy (non-hydrogen) atoms. The van der Waals surface area contributed by atoms with E-state index in [0.717, 1.165) is 44.9 Å². The Morgan fingerprint density at radius 2 is 1.51 bits per heavy atom. The fourth-order valence-electron chi connectivity index (χ4n) is 11.9. The Morgan fingerprint density at radius 3 is 2.10 bits per heavy atom. The van der Waals surface area contributed by atoms with Gasteiger partial charge in [-0.2, -0.15) is 0 Å². The van der Waals surface area contributed by atoms with Crippen LogP contribution < -0.4 is 5.73 Å². The molecule has 10 unspecified atom stereocenters. The van der Waals surface area contributed by atoms with E-state index in [-0.39, 0.29) is 57.0 Å². The molecule has 274 valence electrons. The van der Waals surface area contributed by atoms with E-state index in [2.05, 4.69) is 54.5 Å². The summed E-state index contributed by atoms with van der Waals surface area (Å²) < 4.78 is 0. The zero-order chi connectivity index (χ0) is 36.8. The molecule has 0 amide bonds. The van der Waals surface area contributed by atoms with Gasteiger partial charge in [0.1, 0.15) is 11.0 Å². The predicted molar refractivity (Wildman–Crippen MR) is 188 cm³/mol. The molecule has 0 spiro atoms. The van der Waals surface area contributed by atoms with Gasteiger partial charge in [-0.1, -0.05) is 66.2 Å². The van der Waals surface area contributed by atoms with Crippen LogP contribution in [0.2, 0.25) is 0 Å². The molecular formula is C40H61NO8. The van der Waals surface area contributed by atoms with Crippen LogP contribution in [0.5, 0.6) is 11.5 Å². The summed E-state index contributed by atoms with van der Waals surface area (Å²) >= 11 is 0. The minimum Gasteiger partial charge on any atom is -0.504 e. The molecule has 9 heteroatoms. The molecule has 0 aliphatic heterocycles. The van der Waals surface area contributed by atoms with Crippen molar-refractivity contribution in [2.75, 3.05) is 0 Å². The summed E-state index contributed by atoms with van der Waals surface area (Å²) in [5.41, 5.74) is 5.00. The Hall–Kier alpha value is -2.62. The molecule has 0 bridgehead atoms. The van der Waals surface area contributed by atoms with Crippen LogP contribution in [0.25, 0.3) is 0 Å². The van der Waals surface area contributed by atoms with Crippen LogP contribution in [-0.2, 0) is 16.0 Å². The number of hydrogen-bond acceptors (Lipinski definition) is 7. The van der Waals surface area contributed by atoms with Crippen LogP contribution in [-0.4, -0.2) is 60.3 Å². The number of carboxylic acids is 2. The first-order valence-corrected chi connectivity index (χ1v) is 18.2. The molecule has 5 aliphatic carbocycles. The highest BCUT2D eigenvalue weighted by Crippen LogP contribution is 2.75. The number of benzene rings is 1. The number of carboxylic acid groups (broad SMARTS) is 2. The molecular weight excluding hydrogens is 622 g/mol. The van der Waals surface area contributed by atoms with Gasteiger partial charge < -0.3 is 36.4 Å². The number of allylic oxidation sites excluding steroid dienone is 2. The number of carbonyl (C=O) groups is 2. The maximum Gasteiger partial charge on any atom is 0.323 e. The Bertz CT molecular complexity index is 1520. The van der Waals surface area contributed by atoms with Crippen molar-refractivity contribution in [1.82, 2.24) is 0 Å². The van der Waals surface area contributed by atoms with Gasteiger partial charge in [0.25, 0.3) is 0 Å². The van der Waals surface area contributed by atoms with Crippen molar-refractivity contribution in [3.05, 3.63) is 35.4 Å². The lowest BCUT2D eigenvalue weighted by atomic mass is 9.33. The van der Waals surface area contributed by atoms with Gasteiger partial charge in [-0.15, -0.1) is 0 Å². The summed E-state index contributed by atoms with van der Waals surface area (Å²) in [6.45, 7) is 17.8. The zero-order valence-corrected chi connectivity index (χ0v) is 30.8. The largest absolute Gasteiger partial charge is 0.504 e. The highest BCUT2D eigenvalue weighted by molar-refractivity contribution is 5.78. The van der Waals surface area contributed by atoms with Gasteiger partial charge in [0.2, 0.25) is 0 Å². The highest BCUT2D eigenvalue weighted by Gasteiger charge is 2.71. The fraction of sp³-hybridized carbons (Fsp3) is 0.750. The maximum absolute atomic E-state index is 12.8. The second-order valence-electron chi connectivity index (χ2n) is 18.9. The molecule has 8 N–H and O–H groups in total. The molecule has 9 nitrogen and oxygen atoms in total. The number of hydrogen-bond donors (Lipinski definition) is 7. The van der Waals surface area contributed by atoms with Crippen molar-refractivity contribution in [3.63, 3.8) is 0 Å². The van der Waals surface area contributed by atoms with Gasteiger partial charge >= 0.3 is 11.9 Å². The lowest BCUT2D eigenvalue weighted by molar-refractivity contribution is -0.218. The normalized spacial score (nSPS) is 41.5. The third kappa shape index (κ3) is 5.70. The van der Waals surface area contributed by atoms with Crippen molar-refractivity contribution in [1.29, 1.82) is 0 Å². The molecule has 10 atom stereocenters. The number of phenols is 2. The molecule has 0 radical (unpaired) electrons. The van der Waals surface area contributed by atoms with Gasteiger partial charge in [-0.3, -0.25) is 9.59 Å². The Labute approximate surface area is 292 Å². The monoisotopic (exact) mass is 683 g/mol. The smallest absolute Gasteiger partial charge is 0.323 e. The third-order valence-corrected chi connectivity index (χ3v) is 15.2. The number of rotatable bonds is 4.